The van der Waals surface area contributed by atoms with Gasteiger partial charge in [0.2, 0.25) is 5.91 Å². The number of para-hydroxylation sites is 2. The summed E-state index contributed by atoms with van der Waals surface area (Å²) in [5.41, 5.74) is 4.71. The number of carbonyl (C=O) groups excluding carboxylic acids is 1. The number of anilines is 3. The second kappa shape index (κ2) is 7.08. The van der Waals surface area contributed by atoms with Crippen molar-refractivity contribution in [3.8, 4) is 0 Å². The number of nitrogens with one attached hydrogen (secondary N) is 2. The predicted octanol–water partition coefficient (Wildman–Crippen LogP) is 5.73. The molecular formula is C23H21N3O. The smallest absolute Gasteiger partial charge is 0.226 e. The zero-order valence-corrected chi connectivity index (χ0v) is 15.4. The lowest BCUT2D eigenvalue weighted by Gasteiger charge is -2.14. The molecule has 0 aliphatic rings. The molecule has 2 N–H and O–H groups in total. The van der Waals surface area contributed by atoms with E-state index in [-0.39, 0.29) is 11.8 Å². The molecular weight excluding hydrogens is 334 g/mol. The molecule has 1 amide bonds. The average Bonchev–Trinajstić information content (AvgIpc) is 2.69. The lowest BCUT2D eigenvalue weighted by Crippen LogP contribution is -2.17. The summed E-state index contributed by atoms with van der Waals surface area (Å²) in [6.45, 7) is 3.76. The number of amides is 1. The Morgan fingerprint density at radius 2 is 1.30 bits per heavy atom. The maximum absolute atomic E-state index is 11.8. The van der Waals surface area contributed by atoms with Crippen molar-refractivity contribution in [1.82, 2.24) is 4.98 Å². The van der Waals surface area contributed by atoms with E-state index in [4.69, 9.17) is 4.98 Å². The maximum atomic E-state index is 11.8. The first kappa shape index (κ1) is 17.0. The summed E-state index contributed by atoms with van der Waals surface area (Å²) in [7, 11) is 0. The van der Waals surface area contributed by atoms with Gasteiger partial charge in [-0.2, -0.15) is 0 Å². The summed E-state index contributed by atoms with van der Waals surface area (Å²) in [6, 6.07) is 24.0. The fourth-order valence-electron chi connectivity index (χ4n) is 3.04. The summed E-state index contributed by atoms with van der Waals surface area (Å²) < 4.78 is 0. The van der Waals surface area contributed by atoms with Gasteiger partial charge in [0, 0.05) is 28.1 Å². The van der Waals surface area contributed by atoms with E-state index >= 15 is 0 Å². The molecule has 3 aromatic carbocycles. The molecule has 4 heteroatoms. The van der Waals surface area contributed by atoms with Crippen LogP contribution in [0.4, 0.5) is 17.1 Å². The average molecular weight is 355 g/mol. The van der Waals surface area contributed by atoms with Crippen LogP contribution >= 0.6 is 0 Å². The molecule has 0 aliphatic heterocycles. The van der Waals surface area contributed by atoms with Gasteiger partial charge >= 0.3 is 0 Å². The molecule has 0 fully saturated rings. The van der Waals surface area contributed by atoms with Crippen molar-refractivity contribution >= 4 is 44.8 Å². The van der Waals surface area contributed by atoms with Gasteiger partial charge in [0.15, 0.2) is 0 Å². The standard InChI is InChI=1S/C23H21N3O/c1-15(2)23(27)25-17-13-11-16(12-14-17)24-22-18-7-3-5-9-20(18)26-21-10-6-4-8-19(21)22/h3-15H,1-2H3,(H,24,26)(H,25,27). The van der Waals surface area contributed by atoms with Crippen LogP contribution in [0.1, 0.15) is 13.8 Å². The molecule has 4 rings (SSSR count). The van der Waals surface area contributed by atoms with Crippen molar-refractivity contribution < 1.29 is 4.79 Å². The van der Waals surface area contributed by atoms with E-state index in [2.05, 4.69) is 22.8 Å². The Morgan fingerprint density at radius 3 is 1.85 bits per heavy atom. The molecule has 0 spiro atoms. The minimum atomic E-state index is -0.0441. The van der Waals surface area contributed by atoms with E-state index in [9.17, 15) is 4.79 Å². The van der Waals surface area contributed by atoms with E-state index < -0.39 is 0 Å². The van der Waals surface area contributed by atoms with Crippen molar-refractivity contribution in [2.24, 2.45) is 5.92 Å². The molecule has 0 radical (unpaired) electrons. The first-order valence-corrected chi connectivity index (χ1v) is 9.07. The summed E-state index contributed by atoms with van der Waals surface area (Å²) in [4.78, 5) is 16.6. The molecule has 0 bridgehead atoms. The van der Waals surface area contributed by atoms with E-state index in [1.54, 1.807) is 0 Å². The first-order valence-electron chi connectivity index (χ1n) is 9.07. The maximum Gasteiger partial charge on any atom is 0.226 e. The predicted molar refractivity (Wildman–Crippen MR) is 112 cm³/mol. The monoisotopic (exact) mass is 355 g/mol. The Hall–Kier alpha value is -3.40. The highest BCUT2D eigenvalue weighted by molar-refractivity contribution is 6.08. The van der Waals surface area contributed by atoms with Crippen LogP contribution in [-0.4, -0.2) is 10.9 Å². The number of rotatable bonds is 4. The van der Waals surface area contributed by atoms with Crippen LogP contribution in [-0.2, 0) is 4.79 Å². The van der Waals surface area contributed by atoms with Crippen LogP contribution in [0.3, 0.4) is 0 Å². The second-order valence-electron chi connectivity index (χ2n) is 6.87. The van der Waals surface area contributed by atoms with Gasteiger partial charge in [-0.15, -0.1) is 0 Å². The van der Waals surface area contributed by atoms with Gasteiger partial charge in [0.05, 0.1) is 16.7 Å². The fraction of sp³-hybridized carbons (Fsp3) is 0.130. The van der Waals surface area contributed by atoms with Crippen LogP contribution in [0.15, 0.2) is 72.8 Å². The third kappa shape index (κ3) is 3.47. The van der Waals surface area contributed by atoms with Gasteiger partial charge < -0.3 is 10.6 Å². The Morgan fingerprint density at radius 1 is 0.778 bits per heavy atom. The summed E-state index contributed by atoms with van der Waals surface area (Å²) in [6.07, 6.45) is 0. The molecule has 0 saturated heterocycles. The van der Waals surface area contributed by atoms with Crippen LogP contribution < -0.4 is 10.6 Å². The van der Waals surface area contributed by atoms with E-state index in [0.29, 0.717) is 0 Å². The Labute approximate surface area is 158 Å². The zero-order valence-electron chi connectivity index (χ0n) is 15.4. The topological polar surface area (TPSA) is 54.0 Å². The highest BCUT2D eigenvalue weighted by Crippen LogP contribution is 2.33. The third-order valence-corrected chi connectivity index (χ3v) is 4.53. The molecule has 4 aromatic rings. The zero-order chi connectivity index (χ0) is 18.8. The number of hydrogen-bond donors (Lipinski definition) is 2. The Kier molecular flexibility index (Phi) is 4.47. The van der Waals surface area contributed by atoms with Gasteiger partial charge in [0.1, 0.15) is 0 Å². The first-order chi connectivity index (χ1) is 13.1. The number of hydrogen-bond acceptors (Lipinski definition) is 3. The highest BCUT2D eigenvalue weighted by Gasteiger charge is 2.10. The van der Waals surface area contributed by atoms with Gasteiger partial charge in [-0.05, 0) is 36.4 Å². The summed E-state index contributed by atoms with van der Waals surface area (Å²) in [5, 5.41) is 8.61. The van der Waals surface area contributed by atoms with Crippen LogP contribution in [0.5, 0.6) is 0 Å². The molecule has 4 nitrogen and oxygen atoms in total. The van der Waals surface area contributed by atoms with Crippen LogP contribution in [0.2, 0.25) is 0 Å². The van der Waals surface area contributed by atoms with Gasteiger partial charge in [0.25, 0.3) is 0 Å². The number of nitrogens with zero attached hydrogens (tertiary/aromatic N) is 1. The number of pyridine rings is 1. The van der Waals surface area contributed by atoms with Crippen LogP contribution in [0.25, 0.3) is 21.8 Å². The highest BCUT2D eigenvalue weighted by atomic mass is 16.1. The fourth-order valence-corrected chi connectivity index (χ4v) is 3.04. The Balaban J connectivity index is 1.71. The molecule has 27 heavy (non-hydrogen) atoms. The molecule has 0 aliphatic carbocycles. The summed E-state index contributed by atoms with van der Waals surface area (Å²) >= 11 is 0. The van der Waals surface area contributed by atoms with Crippen molar-refractivity contribution in [1.29, 1.82) is 0 Å². The molecule has 1 heterocycles. The minimum Gasteiger partial charge on any atom is -0.354 e. The number of fused-ring (bicyclic) bond motifs is 2. The lowest BCUT2D eigenvalue weighted by molar-refractivity contribution is -0.118. The normalized spacial score (nSPS) is 11.1. The second-order valence-corrected chi connectivity index (χ2v) is 6.87. The minimum absolute atomic E-state index is 0.0156. The number of aromatic nitrogens is 1. The van der Waals surface area contributed by atoms with Gasteiger partial charge in [-0.25, -0.2) is 4.98 Å². The molecule has 1 aromatic heterocycles. The SMILES string of the molecule is CC(C)C(=O)Nc1ccc(Nc2c3ccccc3nc3ccccc23)cc1. The molecule has 0 atom stereocenters. The quantitative estimate of drug-likeness (QED) is 0.460. The van der Waals surface area contributed by atoms with Gasteiger partial charge in [-0.1, -0.05) is 50.2 Å². The number of benzene rings is 3. The van der Waals surface area contributed by atoms with Crippen molar-refractivity contribution in [3.63, 3.8) is 0 Å². The van der Waals surface area contributed by atoms with Crippen molar-refractivity contribution in [2.75, 3.05) is 10.6 Å². The number of carbonyl (C=O) groups is 1. The largest absolute Gasteiger partial charge is 0.354 e. The van der Waals surface area contributed by atoms with Gasteiger partial charge in [-0.3, -0.25) is 4.79 Å². The lowest BCUT2D eigenvalue weighted by atomic mass is 10.1. The van der Waals surface area contributed by atoms with E-state index in [1.807, 2.05) is 74.5 Å². The van der Waals surface area contributed by atoms with Crippen molar-refractivity contribution in [2.45, 2.75) is 13.8 Å². The Bertz CT molecular complexity index is 1060. The molecule has 0 unspecified atom stereocenters. The van der Waals surface area contributed by atoms with Crippen LogP contribution in [0, 0.1) is 5.92 Å². The van der Waals surface area contributed by atoms with Crippen molar-refractivity contribution in [3.05, 3.63) is 72.8 Å². The molecule has 134 valence electrons. The third-order valence-electron chi connectivity index (χ3n) is 4.53. The van der Waals surface area contributed by atoms with E-state index in [1.165, 1.54) is 0 Å². The van der Waals surface area contributed by atoms with E-state index in [0.717, 1.165) is 38.9 Å². The molecule has 0 saturated carbocycles. The summed E-state index contributed by atoms with van der Waals surface area (Å²) in [5.74, 6) is -0.0285.